The fraction of sp³-hybridized carbons (Fsp3) is 0.400. The average Bonchev–Trinajstić information content (AvgIpc) is 2.84. The van der Waals surface area contributed by atoms with Crippen LogP contribution >= 0.6 is 0 Å². The molecule has 122 valence electrons. The fourth-order valence-corrected chi connectivity index (χ4v) is 2.43. The molecule has 1 atom stereocenters. The number of fused-ring (bicyclic) bond motifs is 1. The Kier molecular flexibility index (Phi) is 3.99. The number of nitrogens with zero attached hydrogens (tertiary/aromatic N) is 3. The Morgan fingerprint density at radius 3 is 3.09 bits per heavy atom. The summed E-state index contributed by atoms with van der Waals surface area (Å²) in [5, 5.41) is 2.60. The van der Waals surface area contributed by atoms with Crippen molar-refractivity contribution < 1.29 is 18.7 Å². The van der Waals surface area contributed by atoms with Gasteiger partial charge in [-0.25, -0.2) is 4.98 Å². The van der Waals surface area contributed by atoms with Crippen molar-refractivity contribution in [3.05, 3.63) is 35.5 Å². The number of hydrogen-bond donors (Lipinski definition) is 1. The molecule has 0 spiro atoms. The third-order valence-electron chi connectivity index (χ3n) is 3.77. The monoisotopic (exact) mass is 320 g/mol. The number of aryl methyl sites for hydroxylation is 1. The van der Waals surface area contributed by atoms with Crippen molar-refractivity contribution in [1.29, 1.82) is 0 Å². The van der Waals surface area contributed by atoms with Crippen molar-refractivity contribution in [2.45, 2.75) is 13.0 Å². The van der Waals surface area contributed by atoms with Crippen LogP contribution in [0.4, 0.5) is 4.39 Å². The maximum atomic E-state index is 14.2. The van der Waals surface area contributed by atoms with E-state index in [2.05, 4.69) is 10.3 Å². The highest BCUT2D eigenvalue weighted by Gasteiger charge is 2.25. The van der Waals surface area contributed by atoms with E-state index in [1.807, 2.05) is 6.92 Å². The van der Waals surface area contributed by atoms with E-state index in [0.717, 1.165) is 5.56 Å². The highest BCUT2D eigenvalue weighted by atomic mass is 19.1. The average molecular weight is 320 g/mol. The number of amides is 2. The topological polar surface area (TPSA) is 75.9 Å². The minimum atomic E-state index is -0.700. The third-order valence-corrected chi connectivity index (χ3v) is 3.77. The van der Waals surface area contributed by atoms with Gasteiger partial charge >= 0.3 is 0 Å². The Morgan fingerprint density at radius 2 is 2.35 bits per heavy atom. The maximum Gasteiger partial charge on any atom is 0.274 e. The number of carbonyl (C=O) groups is 2. The number of nitrogens with one attached hydrogen (secondary N) is 1. The molecule has 0 aliphatic carbocycles. The molecule has 1 fully saturated rings. The molecule has 2 amide bonds. The van der Waals surface area contributed by atoms with Crippen LogP contribution in [0.15, 0.2) is 18.3 Å². The molecular weight excluding hydrogens is 303 g/mol. The summed E-state index contributed by atoms with van der Waals surface area (Å²) in [6.07, 6.45) is 1.22. The molecule has 1 saturated heterocycles. The minimum absolute atomic E-state index is 0.0148. The summed E-state index contributed by atoms with van der Waals surface area (Å²) in [5.74, 6) is -1.41. The molecule has 0 aromatic carbocycles. The second kappa shape index (κ2) is 5.96. The van der Waals surface area contributed by atoms with Crippen molar-refractivity contribution in [1.82, 2.24) is 19.6 Å². The van der Waals surface area contributed by atoms with E-state index in [0.29, 0.717) is 12.2 Å². The van der Waals surface area contributed by atoms with Gasteiger partial charge in [0.05, 0.1) is 6.10 Å². The van der Waals surface area contributed by atoms with Crippen LogP contribution in [-0.2, 0) is 9.53 Å². The Balaban J connectivity index is 1.69. The lowest BCUT2D eigenvalue weighted by Crippen LogP contribution is -2.48. The number of rotatable bonds is 3. The van der Waals surface area contributed by atoms with Crippen LogP contribution in [0, 0.1) is 12.9 Å². The van der Waals surface area contributed by atoms with Crippen LogP contribution in [0.5, 0.6) is 0 Å². The van der Waals surface area contributed by atoms with E-state index >= 15 is 0 Å². The Labute approximate surface area is 132 Å². The molecule has 0 radical (unpaired) electrons. The van der Waals surface area contributed by atoms with E-state index in [1.165, 1.54) is 15.5 Å². The van der Waals surface area contributed by atoms with Crippen molar-refractivity contribution >= 4 is 17.5 Å². The zero-order chi connectivity index (χ0) is 16.6. The predicted molar refractivity (Wildman–Crippen MR) is 79.6 cm³/mol. The van der Waals surface area contributed by atoms with Crippen LogP contribution in [0.25, 0.3) is 5.65 Å². The van der Waals surface area contributed by atoms with Crippen LogP contribution in [0.2, 0.25) is 0 Å². The van der Waals surface area contributed by atoms with Crippen molar-refractivity contribution in [3.63, 3.8) is 0 Å². The summed E-state index contributed by atoms with van der Waals surface area (Å²) >= 11 is 0. The first-order valence-corrected chi connectivity index (χ1v) is 7.23. The van der Waals surface area contributed by atoms with Gasteiger partial charge in [0.25, 0.3) is 5.91 Å². The highest BCUT2D eigenvalue weighted by molar-refractivity contribution is 5.93. The number of morpholine rings is 1. The van der Waals surface area contributed by atoms with Gasteiger partial charge in [-0.05, 0) is 24.6 Å². The zero-order valence-corrected chi connectivity index (χ0v) is 12.9. The molecule has 1 unspecified atom stereocenters. The molecule has 3 rings (SSSR count). The summed E-state index contributed by atoms with van der Waals surface area (Å²) in [4.78, 5) is 29.0. The second-order valence-electron chi connectivity index (χ2n) is 5.60. The van der Waals surface area contributed by atoms with E-state index in [-0.39, 0.29) is 30.9 Å². The normalized spacial score (nSPS) is 18.5. The number of hydrogen-bond acceptors (Lipinski definition) is 4. The molecule has 2 aromatic rings. The predicted octanol–water partition coefficient (Wildman–Crippen LogP) is 0.369. The zero-order valence-electron chi connectivity index (χ0n) is 12.9. The Bertz CT molecular complexity index is 773. The fourth-order valence-electron chi connectivity index (χ4n) is 2.43. The first-order chi connectivity index (χ1) is 11.0. The molecule has 2 aromatic heterocycles. The Hall–Kier alpha value is -2.48. The number of carbonyl (C=O) groups excluding carboxylic acids is 2. The Morgan fingerprint density at radius 1 is 1.57 bits per heavy atom. The van der Waals surface area contributed by atoms with Crippen molar-refractivity contribution in [2.24, 2.45) is 0 Å². The quantitative estimate of drug-likeness (QED) is 0.886. The van der Waals surface area contributed by atoms with Crippen LogP contribution in [0.3, 0.4) is 0 Å². The van der Waals surface area contributed by atoms with Gasteiger partial charge in [0.2, 0.25) is 11.9 Å². The maximum absolute atomic E-state index is 14.2. The highest BCUT2D eigenvalue weighted by Crippen LogP contribution is 2.13. The number of ether oxygens (including phenoxy) is 1. The lowest BCUT2D eigenvalue weighted by atomic mass is 10.2. The lowest BCUT2D eigenvalue weighted by molar-refractivity contribution is -0.146. The molecule has 23 heavy (non-hydrogen) atoms. The molecule has 0 saturated carbocycles. The van der Waals surface area contributed by atoms with Crippen LogP contribution in [-0.4, -0.2) is 58.9 Å². The van der Waals surface area contributed by atoms with Gasteiger partial charge in [0.15, 0.2) is 5.69 Å². The molecule has 3 heterocycles. The summed E-state index contributed by atoms with van der Waals surface area (Å²) in [6, 6.07) is 3.44. The summed E-state index contributed by atoms with van der Waals surface area (Å²) in [6.45, 7) is 2.42. The summed E-state index contributed by atoms with van der Waals surface area (Å²) in [5.41, 5.74) is 1.06. The van der Waals surface area contributed by atoms with Gasteiger partial charge in [-0.2, -0.15) is 4.39 Å². The number of imidazole rings is 1. The van der Waals surface area contributed by atoms with Gasteiger partial charge in [-0.15, -0.1) is 0 Å². The van der Waals surface area contributed by atoms with E-state index in [9.17, 15) is 14.0 Å². The molecule has 1 aliphatic rings. The number of aromatic nitrogens is 2. The van der Waals surface area contributed by atoms with E-state index < -0.39 is 11.9 Å². The number of halogens is 1. The molecule has 8 heteroatoms. The molecule has 0 bridgehead atoms. The summed E-state index contributed by atoms with van der Waals surface area (Å²) < 4.78 is 20.8. The smallest absolute Gasteiger partial charge is 0.274 e. The van der Waals surface area contributed by atoms with E-state index in [1.54, 1.807) is 19.2 Å². The largest absolute Gasteiger partial charge is 0.365 e. The summed E-state index contributed by atoms with van der Waals surface area (Å²) in [7, 11) is 1.67. The van der Waals surface area contributed by atoms with Gasteiger partial charge in [-0.1, -0.05) is 0 Å². The first kappa shape index (κ1) is 15.4. The van der Waals surface area contributed by atoms with Gasteiger partial charge in [0.1, 0.15) is 12.3 Å². The molecule has 1 N–H and O–H groups in total. The molecule has 7 nitrogen and oxygen atoms in total. The second-order valence-corrected chi connectivity index (χ2v) is 5.60. The third kappa shape index (κ3) is 3.02. The van der Waals surface area contributed by atoms with Crippen molar-refractivity contribution in [2.75, 3.05) is 26.7 Å². The first-order valence-electron chi connectivity index (χ1n) is 7.23. The molecular formula is C15H17FN4O3. The van der Waals surface area contributed by atoms with Crippen LogP contribution < -0.4 is 5.32 Å². The van der Waals surface area contributed by atoms with Crippen LogP contribution in [0.1, 0.15) is 16.1 Å². The molecule has 1 aliphatic heterocycles. The minimum Gasteiger partial charge on any atom is -0.365 e. The van der Waals surface area contributed by atoms with Gasteiger partial charge < -0.3 is 15.0 Å². The number of pyridine rings is 1. The van der Waals surface area contributed by atoms with Gasteiger partial charge in [-0.3, -0.25) is 14.0 Å². The van der Waals surface area contributed by atoms with Crippen molar-refractivity contribution in [3.8, 4) is 0 Å². The van der Waals surface area contributed by atoms with E-state index in [4.69, 9.17) is 4.74 Å². The lowest BCUT2D eigenvalue weighted by Gasteiger charge is -2.29. The number of likely N-dealkylation sites (N-methyl/N-ethyl adjacent to an activating group) is 1. The SMILES string of the molecule is Cc1ccn2c(F)c(C(=O)NCC3CN(C)C(=O)CO3)nc2c1. The van der Waals surface area contributed by atoms with Gasteiger partial charge in [0, 0.05) is 26.3 Å². The standard InChI is InChI=1S/C15H17FN4O3/c1-9-3-4-20-11(5-9)18-13(14(20)16)15(22)17-6-10-7-19(2)12(21)8-23-10/h3-5,10H,6-8H2,1-2H3,(H,17,22).